The van der Waals surface area contributed by atoms with Crippen molar-refractivity contribution in [3.8, 4) is 0 Å². The smallest absolute Gasteiger partial charge is 0.324 e. The fourth-order valence-corrected chi connectivity index (χ4v) is 3.15. The maximum atomic E-state index is 11.5. The van der Waals surface area contributed by atoms with Gasteiger partial charge in [-0.3, -0.25) is 14.7 Å². The molecule has 0 aromatic carbocycles. The third-order valence-corrected chi connectivity index (χ3v) is 4.51. The van der Waals surface area contributed by atoms with E-state index in [2.05, 4.69) is 25.8 Å². The van der Waals surface area contributed by atoms with Gasteiger partial charge in [-0.2, -0.15) is 0 Å². The third kappa shape index (κ3) is 8.07. The summed E-state index contributed by atoms with van der Waals surface area (Å²) in [7, 11) is 0. The van der Waals surface area contributed by atoms with Gasteiger partial charge in [-0.15, -0.1) is 24.0 Å². The molecule has 0 aromatic heterocycles. The molecule has 0 aliphatic carbocycles. The molecular weight excluding hydrogens is 447 g/mol. The summed E-state index contributed by atoms with van der Waals surface area (Å²) in [5.74, 6) is 0.566. The van der Waals surface area contributed by atoms with Gasteiger partial charge in [0, 0.05) is 26.2 Å². The summed E-state index contributed by atoms with van der Waals surface area (Å²) in [6, 6.07) is -0.314. The van der Waals surface area contributed by atoms with E-state index >= 15 is 0 Å². The van der Waals surface area contributed by atoms with Gasteiger partial charge in [0.1, 0.15) is 0 Å². The SMILES string of the molecule is CCNC(=NCCCN1CCCCCC1)NCCN1C(=O)CNC1=O.I. The monoisotopic (exact) mass is 480 g/mol. The molecule has 3 amide bonds. The summed E-state index contributed by atoms with van der Waals surface area (Å²) in [6.45, 7) is 8.05. The number of rotatable bonds is 8. The van der Waals surface area contributed by atoms with Crippen molar-refractivity contribution in [1.82, 2.24) is 25.8 Å². The number of halogens is 1. The van der Waals surface area contributed by atoms with Crippen LogP contribution < -0.4 is 16.0 Å². The van der Waals surface area contributed by atoms with E-state index in [1.165, 1.54) is 43.7 Å². The Morgan fingerprint density at radius 1 is 1.12 bits per heavy atom. The summed E-state index contributed by atoms with van der Waals surface area (Å²) >= 11 is 0. The van der Waals surface area contributed by atoms with Gasteiger partial charge in [-0.05, 0) is 45.8 Å². The molecule has 8 nitrogen and oxygen atoms in total. The molecule has 0 bridgehead atoms. The van der Waals surface area contributed by atoms with Crippen LogP contribution in [0, 0.1) is 0 Å². The highest BCUT2D eigenvalue weighted by Crippen LogP contribution is 2.09. The molecule has 0 atom stereocenters. The lowest BCUT2D eigenvalue weighted by Gasteiger charge is -2.19. The van der Waals surface area contributed by atoms with Crippen LogP contribution in [0.15, 0.2) is 4.99 Å². The van der Waals surface area contributed by atoms with E-state index in [1.54, 1.807) is 0 Å². The quantitative estimate of drug-likeness (QED) is 0.159. The maximum Gasteiger partial charge on any atom is 0.324 e. The van der Waals surface area contributed by atoms with Crippen molar-refractivity contribution in [1.29, 1.82) is 0 Å². The van der Waals surface area contributed by atoms with E-state index in [0.29, 0.717) is 13.1 Å². The van der Waals surface area contributed by atoms with Crippen LogP contribution in [0.4, 0.5) is 4.79 Å². The largest absolute Gasteiger partial charge is 0.357 e. The van der Waals surface area contributed by atoms with Gasteiger partial charge in [0.05, 0.1) is 6.54 Å². The number of hydrogen-bond donors (Lipinski definition) is 3. The van der Waals surface area contributed by atoms with E-state index in [-0.39, 0.29) is 42.5 Å². The highest BCUT2D eigenvalue weighted by molar-refractivity contribution is 14.0. The number of carbonyl (C=O) groups is 2. The number of likely N-dealkylation sites (tertiary alicyclic amines) is 1. The first-order valence-electron chi connectivity index (χ1n) is 9.53. The van der Waals surface area contributed by atoms with Crippen LogP contribution >= 0.6 is 24.0 Å². The number of hydrogen-bond acceptors (Lipinski definition) is 4. The molecule has 2 aliphatic heterocycles. The van der Waals surface area contributed by atoms with Gasteiger partial charge >= 0.3 is 6.03 Å². The average molecular weight is 480 g/mol. The highest BCUT2D eigenvalue weighted by Gasteiger charge is 2.27. The Hall–Kier alpha value is -1.10. The number of aliphatic imine (C=N–C) groups is 1. The van der Waals surface area contributed by atoms with E-state index in [9.17, 15) is 9.59 Å². The number of imide groups is 1. The lowest BCUT2D eigenvalue weighted by molar-refractivity contribution is -0.124. The Balaban J connectivity index is 0.00000338. The molecule has 26 heavy (non-hydrogen) atoms. The normalized spacial score (nSPS) is 19.0. The lowest BCUT2D eigenvalue weighted by Crippen LogP contribution is -2.43. The molecule has 0 saturated carbocycles. The number of guanidine groups is 1. The van der Waals surface area contributed by atoms with E-state index in [4.69, 9.17) is 0 Å². The zero-order chi connectivity index (χ0) is 17.9. The molecule has 2 heterocycles. The minimum atomic E-state index is -0.314. The second-order valence-corrected chi connectivity index (χ2v) is 6.50. The first-order valence-corrected chi connectivity index (χ1v) is 9.53. The number of urea groups is 1. The van der Waals surface area contributed by atoms with Crippen molar-refractivity contribution >= 4 is 41.9 Å². The van der Waals surface area contributed by atoms with Crippen molar-refractivity contribution in [3.63, 3.8) is 0 Å². The Bertz CT molecular complexity index is 450. The Kier molecular flexibility index (Phi) is 11.6. The maximum absolute atomic E-state index is 11.5. The van der Waals surface area contributed by atoms with Crippen molar-refractivity contribution in [2.45, 2.75) is 39.0 Å². The number of nitrogens with one attached hydrogen (secondary N) is 3. The molecule has 0 radical (unpaired) electrons. The number of nitrogens with zero attached hydrogens (tertiary/aromatic N) is 3. The second kappa shape index (κ2) is 13.1. The zero-order valence-electron chi connectivity index (χ0n) is 15.8. The topological polar surface area (TPSA) is 89.1 Å². The van der Waals surface area contributed by atoms with Crippen molar-refractivity contribution in [3.05, 3.63) is 0 Å². The van der Waals surface area contributed by atoms with Crippen LogP contribution in [-0.4, -0.2) is 80.1 Å². The molecule has 2 saturated heterocycles. The van der Waals surface area contributed by atoms with Crippen LogP contribution in [0.5, 0.6) is 0 Å². The molecule has 150 valence electrons. The molecular formula is C17H33IN6O2. The summed E-state index contributed by atoms with van der Waals surface area (Å²) in [4.78, 5) is 31.4. The molecule has 9 heteroatoms. The van der Waals surface area contributed by atoms with Gasteiger partial charge in [0.2, 0.25) is 5.91 Å². The van der Waals surface area contributed by atoms with Crippen LogP contribution in [0.25, 0.3) is 0 Å². The fraction of sp³-hybridized carbons (Fsp3) is 0.824. The Morgan fingerprint density at radius 3 is 2.46 bits per heavy atom. The summed E-state index contributed by atoms with van der Waals surface area (Å²) in [6.07, 6.45) is 6.40. The first-order chi connectivity index (χ1) is 12.2. The predicted octanol–water partition coefficient (Wildman–Crippen LogP) is 0.977. The van der Waals surface area contributed by atoms with Crippen LogP contribution in [0.1, 0.15) is 39.0 Å². The molecule has 2 aliphatic rings. The Labute approximate surface area is 173 Å². The van der Waals surface area contributed by atoms with Gasteiger partial charge < -0.3 is 20.9 Å². The molecule has 2 rings (SSSR count). The molecule has 0 aromatic rings. The molecule has 3 N–H and O–H groups in total. The van der Waals surface area contributed by atoms with Gasteiger partial charge in [0.15, 0.2) is 5.96 Å². The van der Waals surface area contributed by atoms with Crippen LogP contribution in [0.2, 0.25) is 0 Å². The minimum Gasteiger partial charge on any atom is -0.357 e. The molecule has 0 spiro atoms. The first kappa shape index (κ1) is 22.9. The summed E-state index contributed by atoms with van der Waals surface area (Å²) in [5.41, 5.74) is 0. The summed E-state index contributed by atoms with van der Waals surface area (Å²) < 4.78 is 0. The fourth-order valence-electron chi connectivity index (χ4n) is 3.15. The van der Waals surface area contributed by atoms with E-state index in [0.717, 1.165) is 32.0 Å². The van der Waals surface area contributed by atoms with Gasteiger partial charge in [-0.1, -0.05) is 12.8 Å². The van der Waals surface area contributed by atoms with Crippen LogP contribution in [-0.2, 0) is 4.79 Å². The van der Waals surface area contributed by atoms with E-state index < -0.39 is 0 Å². The minimum absolute atomic E-state index is 0. The summed E-state index contributed by atoms with van der Waals surface area (Å²) in [5, 5.41) is 8.91. The lowest BCUT2D eigenvalue weighted by atomic mass is 10.2. The van der Waals surface area contributed by atoms with Crippen molar-refractivity contribution in [2.24, 2.45) is 4.99 Å². The average Bonchev–Trinajstić information content (AvgIpc) is 2.81. The van der Waals surface area contributed by atoms with Crippen LogP contribution in [0.3, 0.4) is 0 Å². The number of carbonyl (C=O) groups excluding carboxylic acids is 2. The van der Waals surface area contributed by atoms with Crippen molar-refractivity contribution in [2.75, 3.05) is 52.4 Å². The second-order valence-electron chi connectivity index (χ2n) is 6.50. The zero-order valence-corrected chi connectivity index (χ0v) is 18.1. The van der Waals surface area contributed by atoms with Gasteiger partial charge in [-0.25, -0.2) is 4.79 Å². The number of amides is 3. The Morgan fingerprint density at radius 2 is 1.85 bits per heavy atom. The van der Waals surface area contributed by atoms with Gasteiger partial charge in [0.25, 0.3) is 0 Å². The van der Waals surface area contributed by atoms with Crippen molar-refractivity contribution < 1.29 is 9.59 Å². The molecule has 0 unspecified atom stereocenters. The van der Waals surface area contributed by atoms with E-state index in [1.807, 2.05) is 6.92 Å². The molecule has 2 fully saturated rings. The third-order valence-electron chi connectivity index (χ3n) is 4.51. The standard InChI is InChI=1S/C17H32N6O2.HI/c1-2-18-16(20-9-13-23-15(24)14-21-17(23)25)19-8-7-12-22-10-5-3-4-6-11-22;/h2-14H2,1H3,(H,21,25)(H2,18,19,20);1H. The highest BCUT2D eigenvalue weighted by atomic mass is 127. The predicted molar refractivity (Wildman–Crippen MR) is 114 cm³/mol.